The predicted molar refractivity (Wildman–Crippen MR) is 142 cm³/mol. The van der Waals surface area contributed by atoms with E-state index in [2.05, 4.69) is 6.07 Å². The van der Waals surface area contributed by atoms with Crippen LogP contribution in [-0.4, -0.2) is 21.3 Å². The highest BCUT2D eigenvalue weighted by Crippen LogP contribution is 2.45. The molecule has 3 heterocycles. The number of esters is 1. The Morgan fingerprint density at radius 2 is 1.83 bits per heavy atom. The van der Waals surface area contributed by atoms with Gasteiger partial charge in [-0.15, -0.1) is 22.7 Å². The van der Waals surface area contributed by atoms with Crippen LogP contribution in [0.4, 0.5) is 0 Å². The van der Waals surface area contributed by atoms with Crippen molar-refractivity contribution in [1.82, 2.24) is 3.97 Å². The number of methoxy groups -OCH3 is 1. The third-order valence-corrected chi connectivity index (χ3v) is 8.84. The summed E-state index contributed by atoms with van der Waals surface area (Å²) in [4.78, 5) is 13.7. The Labute approximate surface area is 213 Å². The van der Waals surface area contributed by atoms with Crippen molar-refractivity contribution < 1.29 is 13.7 Å². The number of carbonyl (C=O) groups is 1. The van der Waals surface area contributed by atoms with E-state index in [1.165, 1.54) is 18.4 Å². The van der Waals surface area contributed by atoms with E-state index in [1.54, 1.807) is 11.3 Å². The average Bonchev–Trinajstić information content (AvgIpc) is 3.65. The fourth-order valence-corrected chi connectivity index (χ4v) is 6.90. The molecule has 1 unspecified atom stereocenters. The largest absolute Gasteiger partial charge is 0.469 e. The molecule has 0 radical (unpaired) electrons. The van der Waals surface area contributed by atoms with E-state index in [9.17, 15) is 14.3 Å². The van der Waals surface area contributed by atoms with Gasteiger partial charge >= 0.3 is 5.97 Å². The van der Waals surface area contributed by atoms with Gasteiger partial charge in [0.1, 0.15) is 10.9 Å². The second-order valence-corrected chi connectivity index (χ2v) is 11.0. The van der Waals surface area contributed by atoms with E-state index >= 15 is 0 Å². The van der Waals surface area contributed by atoms with Crippen LogP contribution in [0.5, 0.6) is 0 Å². The zero-order valence-corrected chi connectivity index (χ0v) is 21.2. The molecule has 5 aromatic rings. The first kappa shape index (κ1) is 23.2. The minimum atomic E-state index is -1.54. The molecule has 0 spiro atoms. The van der Waals surface area contributed by atoms with Gasteiger partial charge < -0.3 is 4.74 Å². The summed E-state index contributed by atoms with van der Waals surface area (Å²) in [5.41, 5.74) is 4.43. The summed E-state index contributed by atoms with van der Waals surface area (Å²) in [6.07, 6.45) is 0.862. The quantitative estimate of drug-likeness (QED) is 0.227. The number of hydrogen-bond donors (Lipinski definition) is 0. The maximum absolute atomic E-state index is 14.1. The van der Waals surface area contributed by atoms with Gasteiger partial charge in [-0.25, -0.2) is 4.21 Å². The first-order chi connectivity index (χ1) is 17.1. The molecular weight excluding hydrogens is 497 g/mol. The lowest BCUT2D eigenvalue weighted by Crippen LogP contribution is -2.07. The molecule has 1 atom stereocenters. The third kappa shape index (κ3) is 4.34. The van der Waals surface area contributed by atoms with Crippen molar-refractivity contribution in [3.05, 3.63) is 87.9 Å². The van der Waals surface area contributed by atoms with Gasteiger partial charge in [-0.2, -0.15) is 5.26 Å². The molecule has 0 saturated heterocycles. The number of thiophene rings is 2. The van der Waals surface area contributed by atoms with Gasteiger partial charge in [0.25, 0.3) is 0 Å². The molecule has 0 aliphatic carbocycles. The number of ether oxygens (including phenoxy) is 1. The van der Waals surface area contributed by atoms with Crippen LogP contribution in [0.1, 0.15) is 16.9 Å². The molecule has 0 bridgehead atoms. The smallest absolute Gasteiger partial charge is 0.305 e. The first-order valence-electron chi connectivity index (χ1n) is 10.9. The summed E-state index contributed by atoms with van der Waals surface area (Å²) in [6.45, 7) is 0. The maximum atomic E-state index is 14.1. The molecule has 0 aliphatic rings. The molecule has 174 valence electrons. The Morgan fingerprint density at radius 1 is 1.03 bits per heavy atom. The number of benzene rings is 2. The third-order valence-electron chi connectivity index (χ3n) is 5.76. The van der Waals surface area contributed by atoms with Gasteiger partial charge in [-0.1, -0.05) is 36.4 Å². The number of nitriles is 1. The van der Waals surface area contributed by atoms with Crippen LogP contribution in [0.3, 0.4) is 0 Å². The molecule has 0 amide bonds. The minimum absolute atomic E-state index is 0.255. The average molecular weight is 517 g/mol. The van der Waals surface area contributed by atoms with E-state index < -0.39 is 11.0 Å². The molecule has 0 fully saturated rings. The summed E-state index contributed by atoms with van der Waals surface area (Å²) in [7, 11) is -0.157. The van der Waals surface area contributed by atoms with Crippen molar-refractivity contribution in [1.29, 1.82) is 5.26 Å². The summed E-state index contributed by atoms with van der Waals surface area (Å²) in [5, 5.41) is 14.6. The normalized spacial score (nSPS) is 11.9. The van der Waals surface area contributed by atoms with E-state index in [0.29, 0.717) is 22.6 Å². The number of aryl methyl sites for hydroxylation is 1. The number of para-hydroxylation sites is 1. The van der Waals surface area contributed by atoms with Crippen LogP contribution >= 0.6 is 22.7 Å². The van der Waals surface area contributed by atoms with Crippen molar-refractivity contribution >= 4 is 50.5 Å². The van der Waals surface area contributed by atoms with Gasteiger partial charge in [-0.3, -0.25) is 8.77 Å². The molecule has 0 N–H and O–H groups in total. The van der Waals surface area contributed by atoms with Crippen LogP contribution in [0, 0.1) is 11.3 Å². The van der Waals surface area contributed by atoms with E-state index in [4.69, 9.17) is 4.74 Å². The van der Waals surface area contributed by atoms with Gasteiger partial charge in [-0.05, 0) is 53.1 Å². The van der Waals surface area contributed by atoms with Gasteiger partial charge in [0.15, 0.2) is 11.0 Å². The summed E-state index contributed by atoms with van der Waals surface area (Å²) >= 11 is 2.99. The zero-order valence-electron chi connectivity index (χ0n) is 18.8. The van der Waals surface area contributed by atoms with Crippen molar-refractivity contribution in [2.24, 2.45) is 0 Å². The van der Waals surface area contributed by atoms with E-state index in [0.717, 1.165) is 38.2 Å². The number of rotatable bonds is 7. The highest BCUT2D eigenvalue weighted by Gasteiger charge is 2.26. The number of aromatic nitrogens is 1. The van der Waals surface area contributed by atoms with Crippen molar-refractivity contribution in [3.63, 3.8) is 0 Å². The second kappa shape index (κ2) is 10.0. The molecule has 3 aromatic heterocycles. The Balaban J connectivity index is 1.67. The molecule has 8 heteroatoms. The molecular formula is C27H20N2O3S3. The number of nitrogens with zero attached hydrogens (tertiary/aromatic N) is 2. The van der Waals surface area contributed by atoms with Crippen LogP contribution in [0.2, 0.25) is 0 Å². The molecule has 0 aliphatic heterocycles. The SMILES string of the molecule is COC(=O)CCc1ccc(S(=O)n2c(-c3cccs3)c(-c3ccsc3C#N)c3ccccc32)cc1. The fourth-order valence-electron chi connectivity index (χ4n) is 4.11. The monoisotopic (exact) mass is 516 g/mol. The number of hydrogen-bond acceptors (Lipinski definition) is 6. The zero-order chi connectivity index (χ0) is 24.4. The van der Waals surface area contributed by atoms with Gasteiger partial charge in [0.05, 0.1) is 28.1 Å². The summed E-state index contributed by atoms with van der Waals surface area (Å²) in [6, 6.07) is 23.7. The van der Waals surface area contributed by atoms with E-state index in [-0.39, 0.29) is 5.97 Å². The topological polar surface area (TPSA) is 72.1 Å². The van der Waals surface area contributed by atoms with Crippen molar-refractivity contribution in [2.45, 2.75) is 17.7 Å². The van der Waals surface area contributed by atoms with Gasteiger partial charge in [0.2, 0.25) is 0 Å². The molecule has 5 rings (SSSR count). The lowest BCUT2D eigenvalue weighted by Gasteiger charge is -2.11. The standard InChI is InChI=1S/C27H20N2O3S3/c1-32-25(30)13-10-18-8-11-19(12-9-18)35(31)29-22-6-3-2-5-20(22)26(21-14-16-34-24(21)17-28)27(29)23-7-4-15-33-23/h2-9,11-12,14-16H,10,13H2,1H3. The van der Waals surface area contributed by atoms with Crippen molar-refractivity contribution in [2.75, 3.05) is 7.11 Å². The number of fused-ring (bicyclic) bond motifs is 1. The Kier molecular flexibility index (Phi) is 6.64. The summed E-state index contributed by atoms with van der Waals surface area (Å²) < 4.78 is 20.7. The molecule has 0 saturated carbocycles. The van der Waals surface area contributed by atoms with E-state index in [1.807, 2.05) is 81.5 Å². The Hall–Kier alpha value is -3.51. The second-order valence-electron chi connectivity index (χ2n) is 7.76. The van der Waals surface area contributed by atoms with Gasteiger partial charge in [0, 0.05) is 22.9 Å². The Morgan fingerprint density at radius 3 is 2.54 bits per heavy atom. The highest BCUT2D eigenvalue weighted by molar-refractivity contribution is 7.83. The molecule has 5 nitrogen and oxygen atoms in total. The molecule has 35 heavy (non-hydrogen) atoms. The number of carbonyl (C=O) groups excluding carboxylic acids is 1. The summed E-state index contributed by atoms with van der Waals surface area (Å²) in [5.74, 6) is -0.255. The van der Waals surface area contributed by atoms with Crippen LogP contribution in [-0.2, 0) is 26.9 Å². The fraction of sp³-hybridized carbons (Fsp3) is 0.111. The van der Waals surface area contributed by atoms with Crippen LogP contribution < -0.4 is 0 Å². The van der Waals surface area contributed by atoms with Crippen LogP contribution in [0.25, 0.3) is 32.6 Å². The predicted octanol–water partition coefficient (Wildman–Crippen LogP) is 6.65. The lowest BCUT2D eigenvalue weighted by atomic mass is 10.0. The minimum Gasteiger partial charge on any atom is -0.469 e. The first-order valence-corrected chi connectivity index (χ1v) is 13.7. The molecule has 2 aromatic carbocycles. The maximum Gasteiger partial charge on any atom is 0.305 e. The Bertz CT molecular complexity index is 1570. The van der Waals surface area contributed by atoms with Crippen molar-refractivity contribution in [3.8, 4) is 27.8 Å². The lowest BCUT2D eigenvalue weighted by molar-refractivity contribution is -0.140. The van der Waals surface area contributed by atoms with Crippen LogP contribution in [0.15, 0.2) is 82.4 Å². The highest BCUT2D eigenvalue weighted by atomic mass is 32.2.